The largest absolute Gasteiger partial charge is 0.384 e. The quantitative estimate of drug-likeness (QED) is 0.695. The number of nitrogens with two attached hydrogens (primary N) is 1. The van der Waals surface area contributed by atoms with Crippen molar-refractivity contribution >= 4 is 5.82 Å². The Morgan fingerprint density at radius 2 is 2.38 bits per heavy atom. The molecule has 1 aliphatic rings. The topological polar surface area (TPSA) is 67.6 Å². The number of nitrogens with zero attached hydrogens (tertiary/aromatic N) is 3. The first-order valence-corrected chi connectivity index (χ1v) is 4.49. The van der Waals surface area contributed by atoms with Gasteiger partial charge in [0.15, 0.2) is 0 Å². The van der Waals surface area contributed by atoms with Gasteiger partial charge in [-0.1, -0.05) is 0 Å². The molecule has 0 amide bonds. The van der Waals surface area contributed by atoms with E-state index in [0.29, 0.717) is 5.82 Å². The van der Waals surface area contributed by atoms with Crippen LogP contribution in [0.5, 0.6) is 0 Å². The molecule has 1 aliphatic carbocycles. The summed E-state index contributed by atoms with van der Waals surface area (Å²) in [7, 11) is 0. The number of anilines is 1. The Labute approximate surface area is 77.0 Å². The van der Waals surface area contributed by atoms with Crippen LogP contribution in [0.25, 0.3) is 0 Å². The standard InChI is InChI=1S/C9H12N4/c1-6(5-10)13-9(11)7-3-2-4-8(7)12-13/h6H,2-4,11H2,1H3. The second-order valence-electron chi connectivity index (χ2n) is 3.41. The van der Waals surface area contributed by atoms with Gasteiger partial charge in [-0.25, -0.2) is 4.68 Å². The fraction of sp³-hybridized carbons (Fsp3) is 0.556. The van der Waals surface area contributed by atoms with Crippen LogP contribution in [0.2, 0.25) is 0 Å². The summed E-state index contributed by atoms with van der Waals surface area (Å²) in [5.41, 5.74) is 8.12. The molecule has 0 fully saturated rings. The Kier molecular flexibility index (Phi) is 1.73. The molecule has 0 bridgehead atoms. The predicted octanol–water partition coefficient (Wildman–Crippen LogP) is 1.04. The zero-order chi connectivity index (χ0) is 9.42. The number of aromatic nitrogens is 2. The van der Waals surface area contributed by atoms with Crippen LogP contribution in [0.15, 0.2) is 0 Å². The molecule has 1 atom stereocenters. The molecule has 0 radical (unpaired) electrons. The fourth-order valence-corrected chi connectivity index (χ4v) is 1.79. The molecule has 0 aromatic carbocycles. The summed E-state index contributed by atoms with van der Waals surface area (Å²) in [5, 5.41) is 13.1. The highest BCUT2D eigenvalue weighted by atomic mass is 15.3. The van der Waals surface area contributed by atoms with Gasteiger partial charge in [0.25, 0.3) is 0 Å². The molecule has 0 saturated carbocycles. The predicted molar refractivity (Wildman–Crippen MR) is 49.0 cm³/mol. The highest BCUT2D eigenvalue weighted by Crippen LogP contribution is 2.28. The molecule has 1 aromatic heterocycles. The van der Waals surface area contributed by atoms with Crippen molar-refractivity contribution in [2.24, 2.45) is 0 Å². The van der Waals surface area contributed by atoms with Gasteiger partial charge in [0, 0.05) is 5.56 Å². The van der Waals surface area contributed by atoms with Crippen molar-refractivity contribution in [1.29, 1.82) is 5.26 Å². The van der Waals surface area contributed by atoms with Crippen LogP contribution in [-0.4, -0.2) is 9.78 Å². The van der Waals surface area contributed by atoms with Gasteiger partial charge in [0.05, 0.1) is 11.8 Å². The maximum Gasteiger partial charge on any atom is 0.138 e. The highest BCUT2D eigenvalue weighted by molar-refractivity contribution is 5.46. The Hall–Kier alpha value is -1.50. The summed E-state index contributed by atoms with van der Waals surface area (Å²) in [6, 6.07) is 1.87. The van der Waals surface area contributed by atoms with E-state index < -0.39 is 0 Å². The lowest BCUT2D eigenvalue weighted by atomic mass is 10.2. The molecule has 1 aromatic rings. The van der Waals surface area contributed by atoms with Gasteiger partial charge in [0.2, 0.25) is 0 Å². The summed E-state index contributed by atoms with van der Waals surface area (Å²) >= 11 is 0. The first-order chi connectivity index (χ1) is 6.24. The molecule has 0 saturated heterocycles. The first-order valence-electron chi connectivity index (χ1n) is 4.49. The lowest BCUT2D eigenvalue weighted by Crippen LogP contribution is -2.09. The summed E-state index contributed by atoms with van der Waals surface area (Å²) < 4.78 is 1.63. The van der Waals surface area contributed by atoms with E-state index in [1.807, 2.05) is 0 Å². The summed E-state index contributed by atoms with van der Waals surface area (Å²) in [4.78, 5) is 0. The lowest BCUT2D eigenvalue weighted by Gasteiger charge is -2.05. The van der Waals surface area contributed by atoms with Crippen LogP contribution in [-0.2, 0) is 12.8 Å². The number of aryl methyl sites for hydroxylation is 1. The molecule has 68 valence electrons. The van der Waals surface area contributed by atoms with Crippen LogP contribution in [0, 0.1) is 11.3 Å². The van der Waals surface area contributed by atoms with Crippen molar-refractivity contribution in [1.82, 2.24) is 9.78 Å². The average molecular weight is 176 g/mol. The van der Waals surface area contributed by atoms with Gasteiger partial charge in [-0.2, -0.15) is 10.4 Å². The first kappa shape index (κ1) is 8.11. The number of rotatable bonds is 1. The number of fused-ring (bicyclic) bond motifs is 1. The second-order valence-corrected chi connectivity index (χ2v) is 3.41. The third kappa shape index (κ3) is 1.08. The Balaban J connectivity index is 2.46. The van der Waals surface area contributed by atoms with Gasteiger partial charge in [0.1, 0.15) is 11.9 Å². The highest BCUT2D eigenvalue weighted by Gasteiger charge is 2.22. The van der Waals surface area contributed by atoms with Gasteiger partial charge in [-0.15, -0.1) is 0 Å². The summed E-state index contributed by atoms with van der Waals surface area (Å²) in [5.74, 6) is 0.682. The van der Waals surface area contributed by atoms with Gasteiger partial charge >= 0.3 is 0 Å². The molecule has 13 heavy (non-hydrogen) atoms. The van der Waals surface area contributed by atoms with E-state index in [9.17, 15) is 0 Å². The number of hydrogen-bond donors (Lipinski definition) is 1. The summed E-state index contributed by atoms with van der Waals surface area (Å²) in [6.45, 7) is 1.80. The minimum atomic E-state index is -0.259. The van der Waals surface area contributed by atoms with E-state index in [0.717, 1.165) is 30.5 Å². The molecule has 2 rings (SSSR count). The van der Waals surface area contributed by atoms with Crippen LogP contribution in [0.4, 0.5) is 5.82 Å². The second kappa shape index (κ2) is 2.77. The van der Waals surface area contributed by atoms with E-state index in [1.54, 1.807) is 11.6 Å². The SMILES string of the molecule is CC(C#N)n1nc2c(c1N)CCC2. The number of hydrogen-bond acceptors (Lipinski definition) is 3. The van der Waals surface area contributed by atoms with Gasteiger partial charge in [-0.3, -0.25) is 0 Å². The third-order valence-corrected chi connectivity index (χ3v) is 2.53. The van der Waals surface area contributed by atoms with E-state index in [-0.39, 0.29) is 6.04 Å². The molecule has 4 nitrogen and oxygen atoms in total. The van der Waals surface area contributed by atoms with Crippen molar-refractivity contribution in [3.05, 3.63) is 11.3 Å². The minimum absolute atomic E-state index is 0.259. The Bertz CT molecular complexity index is 372. The fourth-order valence-electron chi connectivity index (χ4n) is 1.79. The monoisotopic (exact) mass is 176 g/mol. The van der Waals surface area contributed by atoms with Crippen molar-refractivity contribution < 1.29 is 0 Å². The van der Waals surface area contributed by atoms with Gasteiger partial charge in [-0.05, 0) is 26.2 Å². The maximum absolute atomic E-state index is 8.74. The number of nitrogen functional groups attached to an aromatic ring is 1. The smallest absolute Gasteiger partial charge is 0.138 e. The molecule has 1 heterocycles. The minimum Gasteiger partial charge on any atom is -0.384 e. The van der Waals surface area contributed by atoms with Crippen molar-refractivity contribution in [2.45, 2.75) is 32.2 Å². The van der Waals surface area contributed by atoms with Gasteiger partial charge < -0.3 is 5.73 Å². The molecule has 4 heteroatoms. The average Bonchev–Trinajstić information content (AvgIpc) is 2.68. The van der Waals surface area contributed by atoms with Crippen molar-refractivity contribution in [2.75, 3.05) is 5.73 Å². The van der Waals surface area contributed by atoms with Crippen LogP contribution in [0.1, 0.15) is 30.6 Å². The van der Waals surface area contributed by atoms with Crippen LogP contribution in [0.3, 0.4) is 0 Å². The van der Waals surface area contributed by atoms with E-state index >= 15 is 0 Å². The van der Waals surface area contributed by atoms with Crippen LogP contribution < -0.4 is 5.73 Å². The molecule has 1 unspecified atom stereocenters. The van der Waals surface area contributed by atoms with E-state index in [1.165, 1.54) is 0 Å². The molecular weight excluding hydrogens is 164 g/mol. The van der Waals surface area contributed by atoms with Crippen LogP contribution >= 0.6 is 0 Å². The molecule has 0 spiro atoms. The van der Waals surface area contributed by atoms with Crippen molar-refractivity contribution in [3.8, 4) is 6.07 Å². The maximum atomic E-state index is 8.74. The van der Waals surface area contributed by atoms with Crippen molar-refractivity contribution in [3.63, 3.8) is 0 Å². The number of nitriles is 1. The van der Waals surface area contributed by atoms with E-state index in [4.69, 9.17) is 11.0 Å². The molecule has 0 aliphatic heterocycles. The third-order valence-electron chi connectivity index (χ3n) is 2.53. The Morgan fingerprint density at radius 1 is 1.62 bits per heavy atom. The Morgan fingerprint density at radius 3 is 3.00 bits per heavy atom. The zero-order valence-corrected chi connectivity index (χ0v) is 7.62. The molecular formula is C9H12N4. The normalized spacial score (nSPS) is 16.6. The zero-order valence-electron chi connectivity index (χ0n) is 7.62. The lowest BCUT2D eigenvalue weighted by molar-refractivity contribution is 0.587. The van der Waals surface area contributed by atoms with E-state index in [2.05, 4.69) is 11.2 Å². The summed E-state index contributed by atoms with van der Waals surface area (Å²) in [6.07, 6.45) is 3.16. The molecule has 2 N–H and O–H groups in total.